The van der Waals surface area contributed by atoms with Gasteiger partial charge in [-0.1, -0.05) is 42.5 Å². The number of aryl methyl sites for hydroxylation is 1. The van der Waals surface area contributed by atoms with E-state index in [0.29, 0.717) is 5.11 Å². The lowest BCUT2D eigenvalue weighted by Gasteiger charge is -2.29. The molecular weight excluding hydrogens is 388 g/mol. The number of pyridine rings is 1. The molecule has 4 nitrogen and oxygen atoms in total. The van der Waals surface area contributed by atoms with E-state index >= 15 is 0 Å². The molecule has 30 heavy (non-hydrogen) atoms. The Morgan fingerprint density at radius 3 is 2.13 bits per heavy atom. The van der Waals surface area contributed by atoms with Crippen LogP contribution in [0.15, 0.2) is 97.2 Å². The minimum Gasteiger partial charge on any atom is -0.351 e. The van der Waals surface area contributed by atoms with Gasteiger partial charge in [0.05, 0.1) is 11.7 Å². The summed E-state index contributed by atoms with van der Waals surface area (Å²) in [5, 5.41) is 4.25. The van der Waals surface area contributed by atoms with Crippen molar-refractivity contribution in [1.29, 1.82) is 0 Å². The molecule has 1 saturated heterocycles. The summed E-state index contributed by atoms with van der Waals surface area (Å²) in [5.74, 6) is 0. The number of anilines is 1. The molecule has 0 bridgehead atoms. The minimum atomic E-state index is -0.0596. The van der Waals surface area contributed by atoms with Gasteiger partial charge in [-0.15, -0.1) is 0 Å². The van der Waals surface area contributed by atoms with Crippen molar-refractivity contribution < 1.29 is 0 Å². The molecule has 0 amide bonds. The first-order valence-corrected chi connectivity index (χ1v) is 10.4. The van der Waals surface area contributed by atoms with Crippen molar-refractivity contribution in [1.82, 2.24) is 14.9 Å². The van der Waals surface area contributed by atoms with Crippen LogP contribution in [-0.2, 0) is 0 Å². The number of nitrogens with one attached hydrogen (secondary N) is 1. The van der Waals surface area contributed by atoms with Crippen LogP contribution in [0.1, 0.15) is 29.2 Å². The van der Waals surface area contributed by atoms with Crippen LogP contribution >= 0.6 is 12.2 Å². The number of aromatic nitrogens is 2. The largest absolute Gasteiger partial charge is 0.351 e. The number of thiocarbonyl (C=S) groups is 1. The van der Waals surface area contributed by atoms with Gasteiger partial charge < -0.3 is 14.8 Å². The van der Waals surface area contributed by atoms with Crippen molar-refractivity contribution in [3.63, 3.8) is 0 Å². The van der Waals surface area contributed by atoms with Crippen molar-refractivity contribution >= 4 is 23.0 Å². The van der Waals surface area contributed by atoms with E-state index in [4.69, 9.17) is 12.2 Å². The molecule has 4 aromatic rings. The molecule has 0 saturated carbocycles. The Hall–Kier alpha value is -3.44. The fourth-order valence-corrected chi connectivity index (χ4v) is 4.59. The highest BCUT2D eigenvalue weighted by Crippen LogP contribution is 2.42. The second-order valence-corrected chi connectivity index (χ2v) is 7.79. The Bertz CT molecular complexity index is 1160. The number of benzene rings is 2. The summed E-state index contributed by atoms with van der Waals surface area (Å²) in [5.41, 5.74) is 5.53. The maximum atomic E-state index is 5.82. The van der Waals surface area contributed by atoms with Crippen LogP contribution in [0.3, 0.4) is 0 Å². The average molecular weight is 411 g/mol. The highest BCUT2D eigenvalue weighted by Gasteiger charge is 2.42. The summed E-state index contributed by atoms with van der Waals surface area (Å²) >= 11 is 5.82. The summed E-state index contributed by atoms with van der Waals surface area (Å²) in [4.78, 5) is 6.86. The van der Waals surface area contributed by atoms with Gasteiger partial charge in [0.15, 0.2) is 5.11 Å². The molecule has 148 valence electrons. The molecule has 2 atom stereocenters. The Morgan fingerprint density at radius 2 is 1.47 bits per heavy atom. The molecule has 0 radical (unpaired) electrons. The van der Waals surface area contributed by atoms with Gasteiger partial charge >= 0.3 is 0 Å². The first-order valence-electron chi connectivity index (χ1n) is 10.0. The topological polar surface area (TPSA) is 33.1 Å². The van der Waals surface area contributed by atoms with Gasteiger partial charge in [0.2, 0.25) is 0 Å². The third-order valence-electron chi connectivity index (χ3n) is 5.56. The molecular formula is C25H22N4S. The van der Waals surface area contributed by atoms with Crippen LogP contribution < -0.4 is 10.2 Å². The molecule has 0 spiro atoms. The lowest BCUT2D eigenvalue weighted by Crippen LogP contribution is -2.30. The lowest BCUT2D eigenvalue weighted by atomic mass is 10.0. The van der Waals surface area contributed by atoms with E-state index in [-0.39, 0.29) is 12.1 Å². The number of hydrogen-bond acceptors (Lipinski definition) is 2. The fraction of sp³-hybridized carbons (Fsp3) is 0.120. The van der Waals surface area contributed by atoms with E-state index in [1.54, 1.807) is 0 Å². The number of rotatable bonds is 4. The second-order valence-electron chi connectivity index (χ2n) is 7.40. The molecule has 0 unspecified atom stereocenters. The monoisotopic (exact) mass is 410 g/mol. The van der Waals surface area contributed by atoms with E-state index in [1.807, 2.05) is 42.6 Å². The van der Waals surface area contributed by atoms with E-state index < -0.39 is 0 Å². The molecule has 1 aliphatic rings. The first kappa shape index (κ1) is 18.6. The van der Waals surface area contributed by atoms with Gasteiger partial charge in [-0.3, -0.25) is 4.98 Å². The van der Waals surface area contributed by atoms with E-state index in [2.05, 4.69) is 81.3 Å². The third-order valence-corrected chi connectivity index (χ3v) is 5.87. The summed E-state index contributed by atoms with van der Waals surface area (Å²) in [7, 11) is 0. The lowest BCUT2D eigenvalue weighted by molar-refractivity contribution is 0.548. The Balaban J connectivity index is 1.70. The van der Waals surface area contributed by atoms with Crippen molar-refractivity contribution in [2.24, 2.45) is 0 Å². The highest BCUT2D eigenvalue weighted by atomic mass is 32.1. The van der Waals surface area contributed by atoms with Crippen LogP contribution in [-0.4, -0.2) is 14.7 Å². The van der Waals surface area contributed by atoms with Gasteiger partial charge in [0.1, 0.15) is 6.04 Å². The fourth-order valence-electron chi connectivity index (χ4n) is 4.24. The van der Waals surface area contributed by atoms with E-state index in [9.17, 15) is 0 Å². The third kappa shape index (κ3) is 3.17. The number of hydrogen-bond donors (Lipinski definition) is 1. The summed E-state index contributed by atoms with van der Waals surface area (Å²) in [6.45, 7) is 2.14. The van der Waals surface area contributed by atoms with Crippen LogP contribution in [0.5, 0.6) is 0 Å². The predicted molar refractivity (Wildman–Crippen MR) is 125 cm³/mol. The maximum Gasteiger partial charge on any atom is 0.174 e. The van der Waals surface area contributed by atoms with Gasteiger partial charge in [-0.05, 0) is 67.7 Å². The van der Waals surface area contributed by atoms with Crippen molar-refractivity contribution in [2.75, 3.05) is 4.90 Å². The number of nitrogens with zero attached hydrogens (tertiary/aromatic N) is 3. The maximum absolute atomic E-state index is 5.82. The molecule has 0 aliphatic carbocycles. The summed E-state index contributed by atoms with van der Waals surface area (Å²) < 4.78 is 2.31. The first-order chi connectivity index (χ1) is 14.7. The molecule has 2 aromatic heterocycles. The van der Waals surface area contributed by atoms with Crippen LogP contribution in [0, 0.1) is 6.92 Å². The van der Waals surface area contributed by atoms with Crippen molar-refractivity contribution in [2.45, 2.75) is 19.0 Å². The van der Waals surface area contributed by atoms with Crippen molar-refractivity contribution in [3.8, 4) is 5.69 Å². The minimum absolute atomic E-state index is 0.0382. The molecule has 1 fully saturated rings. The van der Waals surface area contributed by atoms with Crippen LogP contribution in [0.25, 0.3) is 5.69 Å². The smallest absolute Gasteiger partial charge is 0.174 e. The zero-order valence-corrected chi connectivity index (χ0v) is 17.5. The molecule has 5 rings (SSSR count). The molecule has 2 aromatic carbocycles. The van der Waals surface area contributed by atoms with Gasteiger partial charge in [-0.25, -0.2) is 0 Å². The van der Waals surface area contributed by atoms with E-state index in [1.165, 1.54) is 11.4 Å². The van der Waals surface area contributed by atoms with Gasteiger partial charge in [0, 0.05) is 29.0 Å². The Kier molecular flexibility index (Phi) is 4.81. The molecule has 1 aliphatic heterocycles. The molecule has 1 N–H and O–H groups in total. The molecule has 5 heteroatoms. The predicted octanol–water partition coefficient (Wildman–Crippen LogP) is 5.36. The molecule has 3 heterocycles. The van der Waals surface area contributed by atoms with E-state index in [0.717, 1.165) is 17.1 Å². The average Bonchev–Trinajstić information content (AvgIpc) is 3.35. The Labute approximate surface area is 181 Å². The van der Waals surface area contributed by atoms with Crippen LogP contribution in [0.4, 0.5) is 5.69 Å². The van der Waals surface area contributed by atoms with Crippen molar-refractivity contribution in [3.05, 3.63) is 114 Å². The number of para-hydroxylation sites is 2. The quantitative estimate of drug-likeness (QED) is 0.459. The normalized spacial score (nSPS) is 18.4. The zero-order chi connectivity index (χ0) is 20.5. The SMILES string of the molecule is Cc1ccc([C@H]2[C@@H](c3ccccn3)NC(=S)N2c2ccccc2)n1-c1ccccc1. The van der Waals surface area contributed by atoms with Gasteiger partial charge in [0.25, 0.3) is 0 Å². The second kappa shape index (κ2) is 7.76. The standard InChI is InChI=1S/C25H22N4S/c1-18-15-16-22(28(18)19-10-4-2-5-11-19)24-23(21-14-8-9-17-26-21)27-25(30)29(24)20-12-6-3-7-13-20/h2-17,23-24H,1H3,(H,27,30)/t23-,24+/m1/s1. The zero-order valence-electron chi connectivity index (χ0n) is 16.6. The van der Waals surface area contributed by atoms with Crippen LogP contribution in [0.2, 0.25) is 0 Å². The summed E-state index contributed by atoms with van der Waals surface area (Å²) in [6.07, 6.45) is 1.84. The highest BCUT2D eigenvalue weighted by molar-refractivity contribution is 7.80. The Morgan fingerprint density at radius 1 is 0.800 bits per heavy atom. The van der Waals surface area contributed by atoms with Gasteiger partial charge in [-0.2, -0.15) is 0 Å². The summed E-state index contributed by atoms with van der Waals surface area (Å²) in [6, 6.07) is 31.1.